The molecule has 4 rings (SSSR count). The highest BCUT2D eigenvalue weighted by Crippen LogP contribution is 2.42. The Kier molecular flexibility index (Phi) is 2.55. The number of fused-ring (bicyclic) bond motifs is 3. The second-order valence-electron chi connectivity index (χ2n) is 5.28. The molecule has 0 fully saturated rings. The number of aryl methyl sites for hydroxylation is 1. The first-order valence-electron chi connectivity index (χ1n) is 6.86. The third-order valence-corrected chi connectivity index (χ3v) is 4.10. The lowest BCUT2D eigenvalue weighted by Gasteiger charge is -2.31. The molecule has 0 saturated heterocycles. The predicted molar refractivity (Wildman–Crippen MR) is 75.0 cm³/mol. The van der Waals surface area contributed by atoms with E-state index in [4.69, 9.17) is 0 Å². The highest BCUT2D eigenvalue weighted by molar-refractivity contribution is 5.51. The first-order chi connectivity index (χ1) is 9.83. The molecule has 1 aliphatic heterocycles. The van der Waals surface area contributed by atoms with Gasteiger partial charge in [-0.2, -0.15) is 5.11 Å². The highest BCUT2D eigenvalue weighted by atomic mass is 19.1. The minimum atomic E-state index is -0.231. The number of rotatable bonds is 1. The minimum Gasteiger partial charge on any atom is -0.238 e. The molecule has 4 heteroatoms. The van der Waals surface area contributed by atoms with E-state index in [1.807, 2.05) is 5.01 Å². The lowest BCUT2D eigenvalue weighted by atomic mass is 9.84. The van der Waals surface area contributed by atoms with Gasteiger partial charge in [0.15, 0.2) is 0 Å². The number of anilines is 1. The number of nitrogens with zero attached hydrogens (tertiary/aromatic N) is 3. The minimum absolute atomic E-state index is 0.144. The highest BCUT2D eigenvalue weighted by Gasteiger charge is 2.38. The quantitative estimate of drug-likeness (QED) is 0.765. The predicted octanol–water partition coefficient (Wildman–Crippen LogP) is 4.07. The van der Waals surface area contributed by atoms with Crippen molar-refractivity contribution in [2.75, 3.05) is 5.01 Å². The van der Waals surface area contributed by atoms with Crippen molar-refractivity contribution in [3.05, 3.63) is 65.5 Å². The van der Waals surface area contributed by atoms with Crippen molar-refractivity contribution in [3.8, 4) is 0 Å². The smallest absolute Gasteiger partial charge is 0.123 e. The van der Waals surface area contributed by atoms with E-state index in [9.17, 15) is 4.39 Å². The van der Waals surface area contributed by atoms with Crippen molar-refractivity contribution in [3.63, 3.8) is 0 Å². The van der Waals surface area contributed by atoms with Crippen LogP contribution in [0.25, 0.3) is 0 Å². The van der Waals surface area contributed by atoms with Crippen molar-refractivity contribution in [1.82, 2.24) is 0 Å². The largest absolute Gasteiger partial charge is 0.238 e. The SMILES string of the molecule is Fc1ccc(N2N=NC3CCc4ccccc4C32)cc1. The van der Waals surface area contributed by atoms with Gasteiger partial charge in [0.25, 0.3) is 0 Å². The summed E-state index contributed by atoms with van der Waals surface area (Å²) in [6.45, 7) is 0. The van der Waals surface area contributed by atoms with E-state index in [1.54, 1.807) is 12.1 Å². The van der Waals surface area contributed by atoms with Crippen molar-refractivity contribution >= 4 is 5.69 Å². The van der Waals surface area contributed by atoms with Crippen LogP contribution < -0.4 is 5.01 Å². The fourth-order valence-electron chi connectivity index (χ4n) is 3.12. The van der Waals surface area contributed by atoms with Crippen LogP contribution in [0.4, 0.5) is 10.1 Å². The molecule has 1 heterocycles. The van der Waals surface area contributed by atoms with Gasteiger partial charge < -0.3 is 0 Å². The van der Waals surface area contributed by atoms with E-state index in [2.05, 4.69) is 34.6 Å². The van der Waals surface area contributed by atoms with Gasteiger partial charge in [0.2, 0.25) is 0 Å². The zero-order valence-corrected chi connectivity index (χ0v) is 10.9. The van der Waals surface area contributed by atoms with Crippen LogP contribution in [0.5, 0.6) is 0 Å². The van der Waals surface area contributed by atoms with Crippen LogP contribution in [0.1, 0.15) is 23.6 Å². The van der Waals surface area contributed by atoms with Gasteiger partial charge in [0.1, 0.15) is 11.9 Å². The summed E-state index contributed by atoms with van der Waals surface area (Å²) in [7, 11) is 0. The van der Waals surface area contributed by atoms with Gasteiger partial charge in [-0.1, -0.05) is 29.5 Å². The standard InChI is InChI=1S/C16H14FN3/c17-12-6-8-13(9-7-12)20-16-14-4-2-1-3-11(14)5-10-15(16)18-19-20/h1-4,6-9,15-16H,5,10H2. The summed E-state index contributed by atoms with van der Waals surface area (Å²) in [6.07, 6.45) is 2.07. The maximum Gasteiger partial charge on any atom is 0.123 e. The van der Waals surface area contributed by atoms with E-state index >= 15 is 0 Å². The number of hydrogen-bond acceptors (Lipinski definition) is 3. The maximum absolute atomic E-state index is 13.1. The molecule has 100 valence electrons. The molecule has 20 heavy (non-hydrogen) atoms. The van der Waals surface area contributed by atoms with Crippen molar-refractivity contribution in [2.45, 2.75) is 24.9 Å². The van der Waals surface area contributed by atoms with E-state index in [0.717, 1.165) is 18.5 Å². The van der Waals surface area contributed by atoms with Gasteiger partial charge in [0.05, 0.1) is 11.7 Å². The van der Waals surface area contributed by atoms with Crippen molar-refractivity contribution < 1.29 is 4.39 Å². The maximum atomic E-state index is 13.1. The molecule has 0 amide bonds. The molecule has 0 aromatic heterocycles. The van der Waals surface area contributed by atoms with Crippen LogP contribution in [-0.4, -0.2) is 6.04 Å². The fraction of sp³-hybridized carbons (Fsp3) is 0.250. The first-order valence-corrected chi connectivity index (χ1v) is 6.86. The fourth-order valence-corrected chi connectivity index (χ4v) is 3.12. The van der Waals surface area contributed by atoms with Gasteiger partial charge in [-0.05, 0) is 48.2 Å². The van der Waals surface area contributed by atoms with Gasteiger partial charge in [-0.25, -0.2) is 9.40 Å². The lowest BCUT2D eigenvalue weighted by molar-refractivity contribution is 0.507. The first kappa shape index (κ1) is 11.6. The molecule has 2 unspecified atom stereocenters. The summed E-state index contributed by atoms with van der Waals surface area (Å²) in [4.78, 5) is 0. The Morgan fingerprint density at radius 2 is 1.85 bits per heavy atom. The second kappa shape index (κ2) is 4.40. The van der Waals surface area contributed by atoms with Crippen LogP contribution >= 0.6 is 0 Å². The van der Waals surface area contributed by atoms with Crippen LogP contribution in [0.15, 0.2) is 58.9 Å². The number of hydrogen-bond donors (Lipinski definition) is 0. The Labute approximate surface area is 116 Å². The molecule has 1 aliphatic carbocycles. The van der Waals surface area contributed by atoms with Crippen LogP contribution in [-0.2, 0) is 6.42 Å². The summed E-state index contributed by atoms with van der Waals surface area (Å²) in [5, 5.41) is 10.6. The summed E-state index contributed by atoms with van der Waals surface area (Å²) >= 11 is 0. The number of halogens is 1. The molecule has 0 N–H and O–H groups in total. The van der Waals surface area contributed by atoms with Gasteiger partial charge >= 0.3 is 0 Å². The Balaban J connectivity index is 1.77. The summed E-state index contributed by atoms with van der Waals surface area (Å²) < 4.78 is 13.1. The Morgan fingerprint density at radius 3 is 2.70 bits per heavy atom. The van der Waals surface area contributed by atoms with E-state index < -0.39 is 0 Å². The Hall–Kier alpha value is -2.23. The molecule has 0 radical (unpaired) electrons. The van der Waals surface area contributed by atoms with Crippen LogP contribution in [0, 0.1) is 5.82 Å². The molecule has 3 nitrogen and oxygen atoms in total. The lowest BCUT2D eigenvalue weighted by Crippen LogP contribution is -2.31. The molecule has 2 aliphatic rings. The third-order valence-electron chi connectivity index (χ3n) is 4.10. The van der Waals surface area contributed by atoms with Gasteiger partial charge in [-0.3, -0.25) is 0 Å². The monoisotopic (exact) mass is 267 g/mol. The molecule has 2 atom stereocenters. The Morgan fingerprint density at radius 1 is 1.05 bits per heavy atom. The number of benzene rings is 2. The van der Waals surface area contributed by atoms with Crippen LogP contribution in [0.3, 0.4) is 0 Å². The van der Waals surface area contributed by atoms with Crippen LogP contribution in [0.2, 0.25) is 0 Å². The summed E-state index contributed by atoms with van der Waals surface area (Å²) in [6, 6.07) is 15.3. The molecule has 2 aromatic carbocycles. The molecule has 0 spiro atoms. The van der Waals surface area contributed by atoms with Gasteiger partial charge in [-0.15, -0.1) is 0 Å². The second-order valence-corrected chi connectivity index (χ2v) is 5.28. The molecule has 0 saturated carbocycles. The zero-order valence-electron chi connectivity index (χ0n) is 10.9. The summed E-state index contributed by atoms with van der Waals surface area (Å²) in [5.74, 6) is -0.231. The molecular weight excluding hydrogens is 253 g/mol. The third kappa shape index (κ3) is 1.72. The normalized spacial score (nSPS) is 23.6. The molecule has 2 aromatic rings. The average molecular weight is 267 g/mol. The van der Waals surface area contributed by atoms with E-state index in [0.29, 0.717) is 0 Å². The summed E-state index contributed by atoms with van der Waals surface area (Å²) in [5.41, 5.74) is 3.55. The zero-order chi connectivity index (χ0) is 13.5. The van der Waals surface area contributed by atoms with E-state index in [-0.39, 0.29) is 17.9 Å². The van der Waals surface area contributed by atoms with Gasteiger partial charge in [0, 0.05) is 0 Å². The Bertz CT molecular complexity index is 666. The topological polar surface area (TPSA) is 28.0 Å². The molecular formula is C16H14FN3. The molecule has 0 bridgehead atoms. The van der Waals surface area contributed by atoms with Crippen molar-refractivity contribution in [1.29, 1.82) is 0 Å². The van der Waals surface area contributed by atoms with Crippen molar-refractivity contribution in [2.24, 2.45) is 10.3 Å². The average Bonchev–Trinajstić information content (AvgIpc) is 2.92. The van der Waals surface area contributed by atoms with E-state index in [1.165, 1.54) is 23.3 Å².